The maximum Gasteiger partial charge on any atom is 0.264 e. The molecule has 0 N–H and O–H groups in total. The summed E-state index contributed by atoms with van der Waals surface area (Å²) in [5.74, 6) is -1.04. The Kier molecular flexibility index (Phi) is 3.06. The predicted molar refractivity (Wildman–Crippen MR) is 69.7 cm³/mol. The van der Waals surface area contributed by atoms with Gasteiger partial charge in [0.2, 0.25) is 5.91 Å². The molecule has 3 aliphatic rings. The lowest BCUT2D eigenvalue weighted by Crippen LogP contribution is -2.42. The van der Waals surface area contributed by atoms with Gasteiger partial charge in [-0.2, -0.15) is 8.42 Å². The predicted octanol–water partition coefficient (Wildman–Crippen LogP) is 0.769. The van der Waals surface area contributed by atoms with Gasteiger partial charge in [0, 0.05) is 18.4 Å². The zero-order chi connectivity index (χ0) is 14.5. The third kappa shape index (κ3) is 2.20. The second kappa shape index (κ2) is 4.53. The molecular formula is C13H14FNO4S. The quantitative estimate of drug-likeness (QED) is 0.722. The smallest absolute Gasteiger partial charge is 0.264 e. The number of allylic oxidation sites excluding steroid dienone is 2. The van der Waals surface area contributed by atoms with Gasteiger partial charge < -0.3 is 4.90 Å². The third-order valence-electron chi connectivity index (χ3n) is 3.84. The second-order valence-corrected chi connectivity index (χ2v) is 6.86. The maximum absolute atomic E-state index is 14.1. The first-order chi connectivity index (χ1) is 9.37. The first kappa shape index (κ1) is 13.5. The van der Waals surface area contributed by atoms with Crippen LogP contribution >= 0.6 is 0 Å². The summed E-state index contributed by atoms with van der Waals surface area (Å²) < 4.78 is 41.0. The van der Waals surface area contributed by atoms with E-state index in [-0.39, 0.29) is 36.8 Å². The second-order valence-electron chi connectivity index (χ2n) is 5.22. The number of hydrogen-bond acceptors (Lipinski definition) is 4. The average molecular weight is 299 g/mol. The highest BCUT2D eigenvalue weighted by Crippen LogP contribution is 2.42. The molecule has 7 heteroatoms. The van der Waals surface area contributed by atoms with Gasteiger partial charge in [-0.05, 0) is 17.7 Å². The number of amides is 1. The van der Waals surface area contributed by atoms with E-state index >= 15 is 0 Å². The zero-order valence-electron chi connectivity index (χ0n) is 10.8. The lowest BCUT2D eigenvalue weighted by Gasteiger charge is -2.33. The lowest BCUT2D eigenvalue weighted by molar-refractivity contribution is -0.127. The lowest BCUT2D eigenvalue weighted by atomic mass is 9.83. The zero-order valence-corrected chi connectivity index (χ0v) is 11.6. The van der Waals surface area contributed by atoms with E-state index in [4.69, 9.17) is 4.18 Å². The minimum absolute atomic E-state index is 0.0505. The van der Waals surface area contributed by atoms with Crippen molar-refractivity contribution in [2.45, 2.75) is 6.04 Å². The summed E-state index contributed by atoms with van der Waals surface area (Å²) in [7, 11) is -3.58. The summed E-state index contributed by atoms with van der Waals surface area (Å²) in [6.07, 6.45) is 7.29. The van der Waals surface area contributed by atoms with Crippen LogP contribution in [0.3, 0.4) is 0 Å². The Morgan fingerprint density at radius 2 is 2.10 bits per heavy atom. The fourth-order valence-corrected chi connectivity index (χ4v) is 3.45. The highest BCUT2D eigenvalue weighted by atomic mass is 32.2. The van der Waals surface area contributed by atoms with Crippen LogP contribution in [0.1, 0.15) is 0 Å². The van der Waals surface area contributed by atoms with Crippen molar-refractivity contribution in [3.63, 3.8) is 0 Å². The molecule has 0 radical (unpaired) electrons. The van der Waals surface area contributed by atoms with E-state index in [1.54, 1.807) is 17.1 Å². The maximum atomic E-state index is 14.1. The van der Waals surface area contributed by atoms with E-state index in [1.165, 1.54) is 12.2 Å². The fourth-order valence-electron chi connectivity index (χ4n) is 3.04. The molecule has 3 rings (SSSR count). The molecule has 2 aliphatic heterocycles. The Bertz CT molecular complexity index is 649. The molecule has 0 aromatic heterocycles. The average Bonchev–Trinajstić information content (AvgIpc) is 2.75. The Hall–Kier alpha value is -1.47. The van der Waals surface area contributed by atoms with Crippen LogP contribution in [0.25, 0.3) is 0 Å². The molecule has 0 aromatic rings. The van der Waals surface area contributed by atoms with E-state index < -0.39 is 16.0 Å². The molecule has 1 aliphatic carbocycles. The van der Waals surface area contributed by atoms with Gasteiger partial charge in [-0.1, -0.05) is 12.2 Å². The summed E-state index contributed by atoms with van der Waals surface area (Å²) >= 11 is 0. The van der Waals surface area contributed by atoms with Crippen molar-refractivity contribution in [3.8, 4) is 0 Å². The van der Waals surface area contributed by atoms with Crippen molar-refractivity contribution < 1.29 is 21.8 Å². The number of hydrogen-bond donors (Lipinski definition) is 0. The number of rotatable bonds is 3. The monoisotopic (exact) mass is 299 g/mol. The summed E-state index contributed by atoms with van der Waals surface area (Å²) in [5, 5.41) is 0. The Labute approximate surface area is 116 Å². The molecule has 1 amide bonds. The van der Waals surface area contributed by atoms with Crippen LogP contribution in [0.4, 0.5) is 4.39 Å². The molecule has 20 heavy (non-hydrogen) atoms. The largest absolute Gasteiger partial charge is 0.331 e. The molecule has 2 heterocycles. The molecular weight excluding hydrogens is 285 g/mol. The molecule has 1 fully saturated rings. The molecule has 1 saturated heterocycles. The van der Waals surface area contributed by atoms with Crippen LogP contribution in [-0.4, -0.2) is 44.7 Å². The first-order valence-corrected chi connectivity index (χ1v) is 8.09. The van der Waals surface area contributed by atoms with Crippen LogP contribution in [0.2, 0.25) is 0 Å². The van der Waals surface area contributed by atoms with Crippen LogP contribution in [0.5, 0.6) is 0 Å². The molecule has 3 atom stereocenters. The van der Waals surface area contributed by atoms with Crippen molar-refractivity contribution >= 4 is 16.0 Å². The van der Waals surface area contributed by atoms with Gasteiger partial charge in [-0.25, -0.2) is 4.39 Å². The highest BCUT2D eigenvalue weighted by molar-refractivity contribution is 7.85. The number of carbonyl (C=O) groups excluding carboxylic acids is 1. The summed E-state index contributed by atoms with van der Waals surface area (Å²) in [6, 6.07) is -0.342. The van der Waals surface area contributed by atoms with Gasteiger partial charge >= 0.3 is 0 Å². The Balaban J connectivity index is 1.92. The molecule has 3 unspecified atom stereocenters. The standard InChI is InChI=1S/C13H14FNO4S/c1-20(17,18)19-7-9-6-15-11(16)5-3-8-2-4-10(14)12(9)13(8)15/h2-5,8-9,13H,6-7H2,1H3. The van der Waals surface area contributed by atoms with Crippen molar-refractivity contribution in [3.05, 3.63) is 35.7 Å². The topological polar surface area (TPSA) is 63.7 Å². The summed E-state index contributed by atoms with van der Waals surface area (Å²) in [4.78, 5) is 13.5. The molecule has 108 valence electrons. The van der Waals surface area contributed by atoms with Gasteiger partial charge in [-0.3, -0.25) is 8.98 Å². The Morgan fingerprint density at radius 1 is 1.40 bits per heavy atom. The molecule has 0 saturated carbocycles. The van der Waals surface area contributed by atoms with Crippen LogP contribution in [-0.2, 0) is 19.1 Å². The van der Waals surface area contributed by atoms with Crippen LogP contribution < -0.4 is 0 Å². The molecule has 0 bridgehead atoms. The number of halogens is 1. The van der Waals surface area contributed by atoms with E-state index in [2.05, 4.69) is 0 Å². The molecule has 0 spiro atoms. The molecule has 0 aromatic carbocycles. The number of nitrogens with zero attached hydrogens (tertiary/aromatic N) is 1. The van der Waals surface area contributed by atoms with E-state index in [9.17, 15) is 17.6 Å². The van der Waals surface area contributed by atoms with Gasteiger partial charge in [-0.15, -0.1) is 0 Å². The minimum Gasteiger partial charge on any atom is -0.331 e. The van der Waals surface area contributed by atoms with Crippen molar-refractivity contribution in [2.24, 2.45) is 11.8 Å². The third-order valence-corrected chi connectivity index (χ3v) is 4.41. The fraction of sp³-hybridized carbons (Fsp3) is 0.462. The number of carbonyl (C=O) groups is 1. The molecule has 5 nitrogen and oxygen atoms in total. The normalized spacial score (nSPS) is 32.0. The van der Waals surface area contributed by atoms with Gasteiger partial charge in [0.15, 0.2) is 0 Å². The Morgan fingerprint density at radius 3 is 2.80 bits per heavy atom. The highest BCUT2D eigenvalue weighted by Gasteiger charge is 2.46. The van der Waals surface area contributed by atoms with Crippen molar-refractivity contribution in [1.82, 2.24) is 4.90 Å². The van der Waals surface area contributed by atoms with E-state index in [0.29, 0.717) is 5.57 Å². The van der Waals surface area contributed by atoms with E-state index in [0.717, 1.165) is 6.26 Å². The van der Waals surface area contributed by atoms with Crippen molar-refractivity contribution in [1.29, 1.82) is 0 Å². The van der Waals surface area contributed by atoms with Gasteiger partial charge in [0.05, 0.1) is 18.9 Å². The van der Waals surface area contributed by atoms with Gasteiger partial charge in [0.25, 0.3) is 10.1 Å². The van der Waals surface area contributed by atoms with Gasteiger partial charge in [0.1, 0.15) is 5.83 Å². The minimum atomic E-state index is -3.58. The van der Waals surface area contributed by atoms with Crippen LogP contribution in [0.15, 0.2) is 35.7 Å². The summed E-state index contributed by atoms with van der Waals surface area (Å²) in [5.41, 5.74) is 0.471. The van der Waals surface area contributed by atoms with E-state index in [1.807, 2.05) is 0 Å². The first-order valence-electron chi connectivity index (χ1n) is 6.28. The van der Waals surface area contributed by atoms with Crippen molar-refractivity contribution in [2.75, 3.05) is 19.4 Å². The SMILES string of the molecule is CS(=O)(=O)OCC1CN2C(=O)C=CC3C=CC(F)=C1C32. The summed E-state index contributed by atoms with van der Waals surface area (Å²) in [6.45, 7) is 0.146. The van der Waals surface area contributed by atoms with Crippen LogP contribution in [0, 0.1) is 11.8 Å².